The van der Waals surface area contributed by atoms with E-state index in [2.05, 4.69) is 0 Å². The fraction of sp³-hybridized carbons (Fsp3) is 0.409. The molecule has 1 unspecified atom stereocenters. The van der Waals surface area contributed by atoms with Gasteiger partial charge in [-0.2, -0.15) is 0 Å². The molecule has 0 aliphatic carbocycles. The van der Waals surface area contributed by atoms with Crippen molar-refractivity contribution in [3.05, 3.63) is 63.7 Å². The highest BCUT2D eigenvalue weighted by Gasteiger charge is 2.42. The standard InChI is InChI=1S/C22H23N4O5/c27-20-9-16(13-24(20)17-4-2-1-3-5-17)21(28)23-10-14-8-15(12-23)18-6-7-19(26(30)31)22(29)25(18)11-14/h1-7,14-16,30H,8-13H2/q-1/t14-,15-,16?/m1/s1. The third-order valence-electron chi connectivity index (χ3n) is 6.64. The maximum Gasteiger partial charge on any atom is 0.275 e. The number of piperidine rings is 1. The molecule has 2 amide bonds. The number of likely N-dealkylation sites (tertiary alicyclic amines) is 1. The van der Waals surface area contributed by atoms with Gasteiger partial charge in [0.25, 0.3) is 5.56 Å². The molecule has 1 aromatic carbocycles. The highest BCUT2D eigenvalue weighted by Crippen LogP contribution is 2.37. The first-order chi connectivity index (χ1) is 14.9. The van der Waals surface area contributed by atoms with Crippen molar-refractivity contribution >= 4 is 23.2 Å². The molecule has 2 fully saturated rings. The third kappa shape index (κ3) is 3.39. The zero-order valence-corrected chi connectivity index (χ0v) is 16.9. The zero-order chi connectivity index (χ0) is 21.7. The Morgan fingerprint density at radius 3 is 2.55 bits per heavy atom. The molecule has 31 heavy (non-hydrogen) atoms. The molecule has 2 saturated heterocycles. The first kappa shape index (κ1) is 19.8. The minimum Gasteiger partial charge on any atom is -0.733 e. The lowest BCUT2D eigenvalue weighted by Gasteiger charge is -2.43. The number of hydrogen-bond donors (Lipinski definition) is 1. The number of anilines is 2. The highest BCUT2D eigenvalue weighted by molar-refractivity contribution is 6.00. The topological polar surface area (TPSA) is 109 Å². The summed E-state index contributed by atoms with van der Waals surface area (Å²) in [5, 5.41) is 20.0. The monoisotopic (exact) mass is 423 g/mol. The number of hydrogen-bond acceptors (Lipinski definition) is 6. The van der Waals surface area contributed by atoms with E-state index < -0.39 is 10.8 Å². The summed E-state index contributed by atoms with van der Waals surface area (Å²) in [7, 11) is 0. The van der Waals surface area contributed by atoms with E-state index in [-0.39, 0.29) is 41.7 Å². The molecular weight excluding hydrogens is 400 g/mol. The average molecular weight is 423 g/mol. The molecule has 3 aliphatic rings. The lowest BCUT2D eigenvalue weighted by atomic mass is 9.82. The van der Waals surface area contributed by atoms with Crippen molar-refractivity contribution in [2.45, 2.75) is 25.3 Å². The summed E-state index contributed by atoms with van der Waals surface area (Å²) in [6.07, 6.45) is 1.07. The molecule has 162 valence electrons. The maximum absolute atomic E-state index is 13.3. The van der Waals surface area contributed by atoms with Crippen LogP contribution in [0.4, 0.5) is 11.4 Å². The molecular formula is C22H23N4O5-. The maximum atomic E-state index is 13.3. The minimum absolute atomic E-state index is 0.0145. The van der Waals surface area contributed by atoms with Gasteiger partial charge in [0.05, 0.1) is 5.92 Å². The second kappa shape index (κ2) is 7.51. The van der Waals surface area contributed by atoms with E-state index in [0.717, 1.165) is 17.8 Å². The average Bonchev–Trinajstić information content (AvgIpc) is 3.16. The van der Waals surface area contributed by atoms with Crippen LogP contribution in [0.3, 0.4) is 0 Å². The molecule has 4 heterocycles. The quantitative estimate of drug-likeness (QED) is 0.750. The van der Waals surface area contributed by atoms with Gasteiger partial charge in [-0.1, -0.05) is 18.2 Å². The van der Waals surface area contributed by atoms with Crippen molar-refractivity contribution in [2.24, 2.45) is 11.8 Å². The SMILES string of the molecule is O=C(C1CC(=O)N(c2ccccc2)C1)N1C[C@H]2C[C@H](C1)c1ccc(N([O-])O)c(=O)n1C2. The largest absolute Gasteiger partial charge is 0.733 e. The molecule has 1 aromatic heterocycles. The Balaban J connectivity index is 1.34. The van der Waals surface area contributed by atoms with E-state index in [1.54, 1.807) is 15.5 Å². The molecule has 9 nitrogen and oxygen atoms in total. The number of amides is 2. The van der Waals surface area contributed by atoms with E-state index in [0.29, 0.717) is 26.2 Å². The smallest absolute Gasteiger partial charge is 0.275 e. The van der Waals surface area contributed by atoms with Crippen LogP contribution < -0.4 is 15.7 Å². The number of carbonyl (C=O) groups excluding carboxylic acids is 2. The number of nitrogens with zero attached hydrogens (tertiary/aromatic N) is 4. The second-order valence-corrected chi connectivity index (χ2v) is 8.61. The van der Waals surface area contributed by atoms with Gasteiger partial charge >= 0.3 is 0 Å². The van der Waals surface area contributed by atoms with Crippen LogP contribution in [0, 0.1) is 17.0 Å². The Morgan fingerprint density at radius 2 is 1.81 bits per heavy atom. The van der Waals surface area contributed by atoms with Crippen LogP contribution in [0.2, 0.25) is 0 Å². The van der Waals surface area contributed by atoms with Crippen molar-refractivity contribution in [3.8, 4) is 0 Å². The summed E-state index contributed by atoms with van der Waals surface area (Å²) < 4.78 is 1.55. The van der Waals surface area contributed by atoms with Crippen LogP contribution in [-0.2, 0) is 16.1 Å². The molecule has 3 atom stereocenters. The van der Waals surface area contributed by atoms with Gasteiger partial charge in [-0.15, -0.1) is 0 Å². The molecule has 2 bridgehead atoms. The van der Waals surface area contributed by atoms with Gasteiger partial charge in [0.15, 0.2) is 0 Å². The first-order valence-electron chi connectivity index (χ1n) is 10.5. The van der Waals surface area contributed by atoms with Gasteiger partial charge in [0.1, 0.15) is 5.69 Å². The van der Waals surface area contributed by atoms with E-state index >= 15 is 0 Å². The van der Waals surface area contributed by atoms with Gasteiger partial charge in [-0.3, -0.25) is 19.6 Å². The van der Waals surface area contributed by atoms with Crippen LogP contribution in [0.25, 0.3) is 0 Å². The van der Waals surface area contributed by atoms with Crippen molar-refractivity contribution in [1.29, 1.82) is 0 Å². The summed E-state index contributed by atoms with van der Waals surface area (Å²) in [5.41, 5.74) is 0.767. The normalized spacial score (nSPS) is 24.8. The van der Waals surface area contributed by atoms with Gasteiger partial charge in [0, 0.05) is 49.9 Å². The number of pyridine rings is 1. The highest BCUT2D eigenvalue weighted by atomic mass is 16.8. The molecule has 0 spiro atoms. The van der Waals surface area contributed by atoms with E-state index in [9.17, 15) is 19.6 Å². The van der Waals surface area contributed by atoms with E-state index in [4.69, 9.17) is 5.21 Å². The third-order valence-corrected chi connectivity index (χ3v) is 6.64. The van der Waals surface area contributed by atoms with Crippen LogP contribution in [-0.4, -0.2) is 46.1 Å². The zero-order valence-electron chi connectivity index (χ0n) is 16.9. The van der Waals surface area contributed by atoms with Crippen LogP contribution in [0.5, 0.6) is 0 Å². The molecule has 3 aliphatic heterocycles. The summed E-state index contributed by atoms with van der Waals surface area (Å²) in [5.74, 6) is -0.365. The Morgan fingerprint density at radius 1 is 1.03 bits per heavy atom. The van der Waals surface area contributed by atoms with Crippen molar-refractivity contribution in [1.82, 2.24) is 9.47 Å². The number of fused-ring (bicyclic) bond motifs is 4. The molecule has 9 heteroatoms. The molecule has 0 saturated carbocycles. The Hall–Kier alpha value is -3.17. The van der Waals surface area contributed by atoms with Crippen LogP contribution in [0.15, 0.2) is 47.3 Å². The molecule has 2 aromatic rings. The van der Waals surface area contributed by atoms with Crippen molar-refractivity contribution in [2.75, 3.05) is 29.8 Å². The second-order valence-electron chi connectivity index (χ2n) is 8.61. The van der Waals surface area contributed by atoms with Crippen LogP contribution >= 0.6 is 0 Å². The molecule has 1 N–H and O–H groups in total. The Labute approximate surface area is 178 Å². The lowest BCUT2D eigenvalue weighted by Crippen LogP contribution is -2.51. The first-order valence-corrected chi connectivity index (χ1v) is 10.5. The Kier molecular flexibility index (Phi) is 4.79. The van der Waals surface area contributed by atoms with E-state index in [1.165, 1.54) is 6.07 Å². The van der Waals surface area contributed by atoms with Gasteiger partial charge < -0.3 is 24.8 Å². The number of para-hydroxylation sites is 1. The van der Waals surface area contributed by atoms with Gasteiger partial charge in [-0.05, 0) is 36.6 Å². The summed E-state index contributed by atoms with van der Waals surface area (Å²) >= 11 is 0. The molecule has 5 rings (SSSR count). The number of aromatic nitrogens is 1. The minimum atomic E-state index is -0.510. The van der Waals surface area contributed by atoms with Gasteiger partial charge in [0.2, 0.25) is 11.8 Å². The van der Waals surface area contributed by atoms with Crippen molar-refractivity contribution < 1.29 is 14.8 Å². The lowest BCUT2D eigenvalue weighted by molar-refractivity contribution is -0.138. The predicted molar refractivity (Wildman–Crippen MR) is 113 cm³/mol. The summed E-state index contributed by atoms with van der Waals surface area (Å²) in [6.45, 7) is 1.77. The van der Waals surface area contributed by atoms with E-state index in [1.807, 2.05) is 35.2 Å². The van der Waals surface area contributed by atoms with Crippen molar-refractivity contribution in [3.63, 3.8) is 0 Å². The fourth-order valence-corrected chi connectivity index (χ4v) is 5.25. The summed E-state index contributed by atoms with van der Waals surface area (Å²) in [4.78, 5) is 41.9. The summed E-state index contributed by atoms with van der Waals surface area (Å²) in [6, 6.07) is 12.4. The molecule has 0 radical (unpaired) electrons. The number of carbonyl (C=O) groups is 2. The Bertz CT molecular complexity index is 1080. The number of benzene rings is 1. The predicted octanol–water partition coefficient (Wildman–Crippen LogP) is 1.54. The number of rotatable bonds is 3. The van der Waals surface area contributed by atoms with Crippen LogP contribution in [0.1, 0.15) is 24.5 Å². The fourth-order valence-electron chi connectivity index (χ4n) is 5.25. The van der Waals surface area contributed by atoms with Gasteiger partial charge in [-0.25, -0.2) is 0 Å².